The van der Waals surface area contributed by atoms with Gasteiger partial charge in [0.15, 0.2) is 5.96 Å². The van der Waals surface area contributed by atoms with Crippen molar-refractivity contribution in [1.29, 1.82) is 0 Å². The highest BCUT2D eigenvalue weighted by Gasteiger charge is 2.20. The molecule has 1 aliphatic rings. The Kier molecular flexibility index (Phi) is 9.95. The average Bonchev–Trinajstić information content (AvgIpc) is 3.26. The van der Waals surface area contributed by atoms with E-state index in [0.29, 0.717) is 5.75 Å². The third-order valence-corrected chi connectivity index (χ3v) is 5.37. The molecule has 3 rings (SSSR count). The number of thiophene rings is 1. The molecule has 0 amide bonds. The Morgan fingerprint density at radius 3 is 2.59 bits per heavy atom. The van der Waals surface area contributed by atoms with Gasteiger partial charge in [-0.05, 0) is 48.7 Å². The fraction of sp³-hybridized carbons (Fsp3) is 0.450. The molecule has 1 aromatic carbocycles. The van der Waals surface area contributed by atoms with Gasteiger partial charge in [-0.1, -0.05) is 0 Å². The predicted molar refractivity (Wildman–Crippen MR) is 127 cm³/mol. The zero-order valence-corrected chi connectivity index (χ0v) is 19.6. The summed E-state index contributed by atoms with van der Waals surface area (Å²) in [6.07, 6.45) is -0.730. The Bertz CT molecular complexity index is 737. The molecule has 2 N–H and O–H groups in total. The second kappa shape index (κ2) is 12.2. The molecule has 1 atom stereocenters. The molecular formula is C20H28FIN4O2S. The van der Waals surface area contributed by atoms with Crippen LogP contribution in [0.3, 0.4) is 0 Å². The fourth-order valence-corrected chi connectivity index (χ4v) is 3.77. The summed E-state index contributed by atoms with van der Waals surface area (Å²) in [7, 11) is 0. The molecule has 1 fully saturated rings. The molecule has 160 valence electrons. The minimum absolute atomic E-state index is 0. The number of anilines is 1. The van der Waals surface area contributed by atoms with Gasteiger partial charge >= 0.3 is 0 Å². The van der Waals surface area contributed by atoms with Crippen LogP contribution in [0.2, 0.25) is 0 Å². The minimum atomic E-state index is -0.730. The third kappa shape index (κ3) is 7.31. The van der Waals surface area contributed by atoms with Crippen LogP contribution in [0.25, 0.3) is 0 Å². The van der Waals surface area contributed by atoms with Gasteiger partial charge in [-0.15, -0.1) is 35.3 Å². The number of aliphatic hydroxyl groups excluding tert-OH is 1. The quantitative estimate of drug-likeness (QED) is 0.325. The molecule has 1 aliphatic heterocycles. The van der Waals surface area contributed by atoms with Crippen LogP contribution in [0.4, 0.5) is 9.39 Å². The van der Waals surface area contributed by atoms with E-state index in [-0.39, 0.29) is 42.9 Å². The van der Waals surface area contributed by atoms with E-state index in [2.05, 4.69) is 37.6 Å². The molecule has 0 radical (unpaired) electrons. The zero-order valence-electron chi connectivity index (χ0n) is 16.5. The summed E-state index contributed by atoms with van der Waals surface area (Å²) in [5.74, 6) is 1.03. The number of rotatable bonds is 7. The van der Waals surface area contributed by atoms with Crippen LogP contribution >= 0.6 is 35.3 Å². The Labute approximate surface area is 192 Å². The monoisotopic (exact) mass is 534 g/mol. The van der Waals surface area contributed by atoms with Crippen molar-refractivity contribution >= 4 is 46.3 Å². The lowest BCUT2D eigenvalue weighted by molar-refractivity contribution is 0.114. The van der Waals surface area contributed by atoms with Crippen molar-refractivity contribution in [2.24, 2.45) is 4.99 Å². The third-order valence-electron chi connectivity index (χ3n) is 4.44. The highest BCUT2D eigenvalue weighted by atomic mass is 127. The van der Waals surface area contributed by atoms with E-state index in [1.165, 1.54) is 17.1 Å². The topological polar surface area (TPSA) is 60.3 Å². The second-order valence-corrected chi connectivity index (χ2v) is 7.46. The maximum Gasteiger partial charge on any atom is 0.194 e. The van der Waals surface area contributed by atoms with Gasteiger partial charge in [0.2, 0.25) is 0 Å². The summed E-state index contributed by atoms with van der Waals surface area (Å²) >= 11 is 1.76. The standard InChI is InChI=1S/C20H27FN4O2S.HI/c1-2-22-20(25-11-9-24(10-12-25)19-4-3-13-28-19)23-14-17(26)15-27-18-7-5-16(21)6-8-18;/h3-8,13,17,26H,2,9-12,14-15H2,1H3,(H,22,23);1H. The number of nitrogens with one attached hydrogen (secondary N) is 1. The van der Waals surface area contributed by atoms with E-state index in [1.807, 2.05) is 6.92 Å². The number of aliphatic hydroxyl groups is 1. The molecule has 0 aliphatic carbocycles. The number of ether oxygens (including phenoxy) is 1. The minimum Gasteiger partial charge on any atom is -0.491 e. The molecule has 29 heavy (non-hydrogen) atoms. The molecule has 9 heteroatoms. The molecule has 6 nitrogen and oxygen atoms in total. The lowest BCUT2D eigenvalue weighted by Crippen LogP contribution is -2.52. The summed E-state index contributed by atoms with van der Waals surface area (Å²) in [6, 6.07) is 9.98. The molecule has 0 saturated carbocycles. The molecular weight excluding hydrogens is 506 g/mol. The Balaban J connectivity index is 0.00000300. The van der Waals surface area contributed by atoms with Crippen LogP contribution < -0.4 is 15.0 Å². The highest BCUT2D eigenvalue weighted by Crippen LogP contribution is 2.22. The number of benzene rings is 1. The Hall–Kier alpha value is -1.59. The largest absolute Gasteiger partial charge is 0.491 e. The fourth-order valence-electron chi connectivity index (χ4n) is 2.98. The molecule has 0 bridgehead atoms. The maximum absolute atomic E-state index is 12.9. The molecule has 2 aromatic rings. The van der Waals surface area contributed by atoms with Crippen LogP contribution in [-0.4, -0.2) is 67.9 Å². The lowest BCUT2D eigenvalue weighted by atomic mass is 10.3. The zero-order chi connectivity index (χ0) is 19.8. The molecule has 0 spiro atoms. The second-order valence-electron chi connectivity index (χ2n) is 6.54. The first-order chi connectivity index (χ1) is 13.7. The summed E-state index contributed by atoms with van der Waals surface area (Å²) < 4.78 is 18.4. The maximum atomic E-state index is 12.9. The summed E-state index contributed by atoms with van der Waals surface area (Å²) in [4.78, 5) is 9.19. The van der Waals surface area contributed by atoms with Crippen LogP contribution in [-0.2, 0) is 0 Å². The summed E-state index contributed by atoms with van der Waals surface area (Å²) in [6.45, 7) is 6.81. The lowest BCUT2D eigenvalue weighted by Gasteiger charge is -2.37. The SMILES string of the molecule is CCNC(=NCC(O)COc1ccc(F)cc1)N1CCN(c2cccs2)CC1.I. The van der Waals surface area contributed by atoms with Crippen molar-refractivity contribution in [3.63, 3.8) is 0 Å². The first kappa shape index (κ1) is 23.7. The van der Waals surface area contributed by atoms with Crippen molar-refractivity contribution < 1.29 is 14.2 Å². The molecule has 1 unspecified atom stereocenters. The smallest absolute Gasteiger partial charge is 0.194 e. The van der Waals surface area contributed by atoms with E-state index in [9.17, 15) is 9.50 Å². The van der Waals surface area contributed by atoms with Gasteiger partial charge in [-0.2, -0.15) is 0 Å². The summed E-state index contributed by atoms with van der Waals surface area (Å²) in [5.41, 5.74) is 0. The van der Waals surface area contributed by atoms with Crippen LogP contribution in [0.15, 0.2) is 46.8 Å². The van der Waals surface area contributed by atoms with E-state index < -0.39 is 6.10 Å². The van der Waals surface area contributed by atoms with Crippen molar-refractivity contribution in [2.45, 2.75) is 13.0 Å². The van der Waals surface area contributed by atoms with Gasteiger partial charge < -0.3 is 25.0 Å². The Morgan fingerprint density at radius 1 is 1.24 bits per heavy atom. The van der Waals surface area contributed by atoms with Gasteiger partial charge in [-0.3, -0.25) is 4.99 Å². The summed E-state index contributed by atoms with van der Waals surface area (Å²) in [5, 5.41) is 16.9. The van der Waals surface area contributed by atoms with Crippen LogP contribution in [0.5, 0.6) is 5.75 Å². The van der Waals surface area contributed by atoms with Crippen molar-refractivity contribution in [3.8, 4) is 5.75 Å². The number of halogens is 2. The van der Waals surface area contributed by atoms with E-state index in [4.69, 9.17) is 4.74 Å². The molecule has 2 heterocycles. The average molecular weight is 534 g/mol. The van der Waals surface area contributed by atoms with Crippen molar-refractivity contribution in [1.82, 2.24) is 10.2 Å². The van der Waals surface area contributed by atoms with Crippen molar-refractivity contribution in [3.05, 3.63) is 47.6 Å². The number of aliphatic imine (C=N–C) groups is 1. The first-order valence-electron chi connectivity index (χ1n) is 9.54. The number of nitrogens with zero attached hydrogens (tertiary/aromatic N) is 3. The van der Waals surface area contributed by atoms with Gasteiger partial charge in [0, 0.05) is 32.7 Å². The van der Waals surface area contributed by atoms with Gasteiger partial charge in [0.05, 0.1) is 11.5 Å². The van der Waals surface area contributed by atoms with Gasteiger partial charge in [0.25, 0.3) is 0 Å². The van der Waals surface area contributed by atoms with Crippen LogP contribution in [0, 0.1) is 5.82 Å². The van der Waals surface area contributed by atoms with Gasteiger partial charge in [-0.25, -0.2) is 4.39 Å². The molecule has 1 aromatic heterocycles. The first-order valence-corrected chi connectivity index (χ1v) is 10.4. The van der Waals surface area contributed by atoms with Crippen LogP contribution in [0.1, 0.15) is 6.92 Å². The van der Waals surface area contributed by atoms with E-state index >= 15 is 0 Å². The number of hydrogen-bond donors (Lipinski definition) is 2. The number of piperazine rings is 1. The molecule has 1 saturated heterocycles. The predicted octanol–water partition coefficient (Wildman–Crippen LogP) is 3.03. The normalized spacial score (nSPS) is 15.6. The van der Waals surface area contributed by atoms with Crippen molar-refractivity contribution in [2.75, 3.05) is 50.8 Å². The number of hydrogen-bond acceptors (Lipinski definition) is 5. The highest BCUT2D eigenvalue weighted by molar-refractivity contribution is 14.0. The van der Waals surface area contributed by atoms with Gasteiger partial charge in [0.1, 0.15) is 24.3 Å². The van der Waals surface area contributed by atoms with E-state index in [1.54, 1.807) is 23.5 Å². The number of guanidine groups is 1. The Morgan fingerprint density at radius 2 is 1.97 bits per heavy atom. The van der Waals surface area contributed by atoms with E-state index in [0.717, 1.165) is 38.7 Å².